The van der Waals surface area contributed by atoms with Crippen LogP contribution in [0.1, 0.15) is 42.5 Å². The number of carbonyl (C=O) groups is 4. The normalized spacial score (nSPS) is 27.9. The summed E-state index contributed by atoms with van der Waals surface area (Å²) in [7, 11) is 2.29. The molecular formula is C19H21NO6. The van der Waals surface area contributed by atoms with Crippen LogP contribution < -0.4 is 5.32 Å². The van der Waals surface area contributed by atoms with E-state index in [1.165, 1.54) is 0 Å². The maximum absolute atomic E-state index is 13.4. The highest BCUT2D eigenvalue weighted by molar-refractivity contribution is 6.31. The summed E-state index contributed by atoms with van der Waals surface area (Å²) >= 11 is 0. The number of benzene rings is 1. The van der Waals surface area contributed by atoms with Crippen LogP contribution in [0.25, 0.3) is 0 Å². The van der Waals surface area contributed by atoms with Crippen molar-refractivity contribution in [2.75, 3.05) is 19.5 Å². The van der Waals surface area contributed by atoms with Gasteiger partial charge in [0.05, 0.1) is 14.2 Å². The van der Waals surface area contributed by atoms with Gasteiger partial charge in [0, 0.05) is 17.7 Å². The minimum absolute atomic E-state index is 0.0420. The van der Waals surface area contributed by atoms with Crippen molar-refractivity contribution in [3.05, 3.63) is 29.8 Å². The van der Waals surface area contributed by atoms with Gasteiger partial charge in [-0.1, -0.05) is 25.0 Å². The van der Waals surface area contributed by atoms with Crippen molar-refractivity contribution in [3.8, 4) is 0 Å². The van der Waals surface area contributed by atoms with Crippen molar-refractivity contribution >= 4 is 29.2 Å². The lowest BCUT2D eigenvalue weighted by molar-refractivity contribution is -0.169. The minimum Gasteiger partial charge on any atom is -0.468 e. The molecule has 7 heteroatoms. The average molecular weight is 359 g/mol. The molecule has 138 valence electrons. The van der Waals surface area contributed by atoms with Gasteiger partial charge in [-0.25, -0.2) is 4.79 Å². The fraction of sp³-hybridized carbons (Fsp3) is 0.474. The number of nitrogens with one attached hydrogen (secondary N) is 1. The van der Waals surface area contributed by atoms with Crippen molar-refractivity contribution in [1.82, 2.24) is 0 Å². The van der Waals surface area contributed by atoms with Gasteiger partial charge in [-0.3, -0.25) is 14.4 Å². The Hall–Kier alpha value is -2.70. The van der Waals surface area contributed by atoms with Crippen molar-refractivity contribution in [2.45, 2.75) is 37.6 Å². The maximum atomic E-state index is 13.4. The molecule has 1 fully saturated rings. The lowest BCUT2D eigenvalue weighted by Gasteiger charge is -2.41. The Bertz CT molecular complexity index is 788. The number of rotatable bonds is 3. The van der Waals surface area contributed by atoms with E-state index < -0.39 is 34.5 Å². The molecule has 0 amide bonds. The van der Waals surface area contributed by atoms with Gasteiger partial charge in [-0.2, -0.15) is 0 Å². The summed E-state index contributed by atoms with van der Waals surface area (Å²) in [5.74, 6) is -2.95. The Kier molecular flexibility index (Phi) is 4.56. The fourth-order valence-electron chi connectivity index (χ4n) is 4.17. The Labute approximate surface area is 151 Å². The lowest BCUT2D eigenvalue weighted by Crippen LogP contribution is -2.68. The molecule has 1 aliphatic heterocycles. The summed E-state index contributed by atoms with van der Waals surface area (Å²) in [6.45, 7) is 0. The van der Waals surface area contributed by atoms with Crippen molar-refractivity contribution in [1.29, 1.82) is 0 Å². The largest absolute Gasteiger partial charge is 0.468 e. The third-order valence-corrected chi connectivity index (χ3v) is 5.43. The topological polar surface area (TPSA) is 98.8 Å². The maximum Gasteiger partial charge on any atom is 0.341 e. The number of anilines is 1. The quantitative estimate of drug-likeness (QED) is 0.500. The molecule has 0 bridgehead atoms. The fourth-order valence-corrected chi connectivity index (χ4v) is 4.17. The molecule has 2 atom stereocenters. The smallest absolute Gasteiger partial charge is 0.341 e. The molecular weight excluding hydrogens is 338 g/mol. The molecule has 0 spiro atoms. The molecule has 7 nitrogen and oxygen atoms in total. The molecule has 0 aromatic heterocycles. The minimum atomic E-state index is -2.15. The van der Waals surface area contributed by atoms with Crippen LogP contribution in [0, 0.1) is 5.41 Å². The van der Waals surface area contributed by atoms with E-state index in [2.05, 4.69) is 5.32 Å². The lowest BCUT2D eigenvalue weighted by atomic mass is 9.62. The van der Waals surface area contributed by atoms with Gasteiger partial charge in [-0.05, 0) is 25.0 Å². The van der Waals surface area contributed by atoms with E-state index in [1.807, 2.05) is 0 Å². The molecule has 1 aromatic carbocycles. The highest BCUT2D eigenvalue weighted by atomic mass is 16.5. The summed E-state index contributed by atoms with van der Waals surface area (Å²) in [4.78, 5) is 52.4. The number of ketones is 2. The third-order valence-electron chi connectivity index (χ3n) is 5.43. The standard InChI is InChI=1S/C19H21NO6/c1-25-16(23)18(11-7-3-4-10-14(18)21)19(17(24)26-2)15(22)12-8-5-6-9-13(12)20-19/h5-6,8-9,20H,3-4,7,10-11H2,1-2H3/t18-,19-/m0/s1. The molecule has 2 aliphatic rings. The van der Waals surface area contributed by atoms with Gasteiger partial charge >= 0.3 is 11.9 Å². The van der Waals surface area contributed by atoms with Crippen LogP contribution in [0.2, 0.25) is 0 Å². The molecule has 1 aliphatic carbocycles. The molecule has 1 aromatic rings. The first-order valence-corrected chi connectivity index (χ1v) is 8.58. The summed E-state index contributed by atoms with van der Waals surface area (Å²) in [6, 6.07) is 6.54. The van der Waals surface area contributed by atoms with E-state index >= 15 is 0 Å². The van der Waals surface area contributed by atoms with Crippen LogP contribution in [0.3, 0.4) is 0 Å². The van der Waals surface area contributed by atoms with Crippen molar-refractivity contribution < 1.29 is 28.7 Å². The Balaban J connectivity index is 2.30. The molecule has 3 rings (SSSR count). The van der Waals surface area contributed by atoms with Gasteiger partial charge in [-0.15, -0.1) is 0 Å². The zero-order chi connectivity index (χ0) is 18.9. The summed E-state index contributed by atoms with van der Waals surface area (Å²) in [6.07, 6.45) is 1.98. The summed E-state index contributed by atoms with van der Waals surface area (Å²) < 4.78 is 9.86. The average Bonchev–Trinajstić information content (AvgIpc) is 2.82. The van der Waals surface area contributed by atoms with E-state index in [4.69, 9.17) is 9.47 Å². The SMILES string of the molecule is COC(=O)[C@]1([C@]2(C(=O)OC)Nc3ccccc3C2=O)CCCCCC1=O. The number of para-hydroxylation sites is 1. The number of fused-ring (bicyclic) bond motifs is 1. The number of hydrogen-bond acceptors (Lipinski definition) is 7. The Morgan fingerprint density at radius 2 is 1.69 bits per heavy atom. The summed E-state index contributed by atoms with van der Waals surface area (Å²) in [5.41, 5.74) is -3.47. The number of hydrogen-bond donors (Lipinski definition) is 1. The highest BCUT2D eigenvalue weighted by Gasteiger charge is 2.72. The van der Waals surface area contributed by atoms with Gasteiger partial charge in [0.25, 0.3) is 0 Å². The van der Waals surface area contributed by atoms with Crippen LogP contribution in [-0.2, 0) is 23.9 Å². The highest BCUT2D eigenvalue weighted by Crippen LogP contribution is 2.50. The van der Waals surface area contributed by atoms with Crippen LogP contribution in [0.4, 0.5) is 5.69 Å². The molecule has 1 heterocycles. The van der Waals surface area contributed by atoms with E-state index in [9.17, 15) is 19.2 Å². The zero-order valence-electron chi connectivity index (χ0n) is 14.8. The summed E-state index contributed by atoms with van der Waals surface area (Å²) in [5, 5.41) is 2.89. The van der Waals surface area contributed by atoms with Gasteiger partial charge < -0.3 is 14.8 Å². The first-order chi connectivity index (χ1) is 12.5. The second-order valence-corrected chi connectivity index (χ2v) is 6.62. The second kappa shape index (κ2) is 6.55. The molecule has 0 unspecified atom stereocenters. The van der Waals surface area contributed by atoms with Crippen LogP contribution in [-0.4, -0.2) is 43.3 Å². The van der Waals surface area contributed by atoms with E-state index in [-0.39, 0.29) is 18.4 Å². The Morgan fingerprint density at radius 1 is 1.00 bits per heavy atom. The molecule has 26 heavy (non-hydrogen) atoms. The first kappa shape index (κ1) is 18.1. The molecule has 1 saturated carbocycles. The number of esters is 2. The zero-order valence-corrected chi connectivity index (χ0v) is 14.8. The van der Waals surface area contributed by atoms with E-state index in [0.717, 1.165) is 20.6 Å². The monoisotopic (exact) mass is 359 g/mol. The van der Waals surface area contributed by atoms with Crippen molar-refractivity contribution in [3.63, 3.8) is 0 Å². The van der Waals surface area contributed by atoms with Crippen LogP contribution in [0.5, 0.6) is 0 Å². The van der Waals surface area contributed by atoms with Crippen LogP contribution >= 0.6 is 0 Å². The van der Waals surface area contributed by atoms with Gasteiger partial charge in [0.15, 0.2) is 11.2 Å². The van der Waals surface area contributed by atoms with Gasteiger partial charge in [0.1, 0.15) is 0 Å². The van der Waals surface area contributed by atoms with Gasteiger partial charge in [0.2, 0.25) is 11.3 Å². The Morgan fingerprint density at radius 3 is 2.35 bits per heavy atom. The van der Waals surface area contributed by atoms with E-state index in [0.29, 0.717) is 18.5 Å². The molecule has 0 saturated heterocycles. The first-order valence-electron chi connectivity index (χ1n) is 8.58. The number of carbonyl (C=O) groups excluding carboxylic acids is 4. The molecule has 0 radical (unpaired) electrons. The molecule has 1 N–H and O–H groups in total. The number of ether oxygens (including phenoxy) is 2. The third kappa shape index (κ3) is 2.19. The predicted molar refractivity (Wildman–Crippen MR) is 91.7 cm³/mol. The predicted octanol–water partition coefficient (Wildman–Crippen LogP) is 1.90. The number of methoxy groups -OCH3 is 2. The van der Waals surface area contributed by atoms with Crippen LogP contribution in [0.15, 0.2) is 24.3 Å². The number of Topliss-reactive ketones (excluding diaryl/α,β-unsaturated/α-hetero) is 2. The van der Waals surface area contributed by atoms with Crippen molar-refractivity contribution in [2.24, 2.45) is 5.41 Å². The second-order valence-electron chi connectivity index (χ2n) is 6.62. The van der Waals surface area contributed by atoms with E-state index in [1.54, 1.807) is 24.3 Å².